The third-order valence-electron chi connectivity index (χ3n) is 4.13. The number of nitrogen functional groups attached to an aromatic ring is 1. The van der Waals surface area contributed by atoms with Crippen LogP contribution in [0.15, 0.2) is 42.6 Å². The van der Waals surface area contributed by atoms with Gasteiger partial charge in [-0.2, -0.15) is 0 Å². The van der Waals surface area contributed by atoms with Crippen molar-refractivity contribution in [2.45, 2.75) is 25.7 Å². The predicted molar refractivity (Wildman–Crippen MR) is 95.7 cm³/mol. The van der Waals surface area contributed by atoms with Gasteiger partial charge in [0.15, 0.2) is 17.5 Å². The van der Waals surface area contributed by atoms with Gasteiger partial charge in [-0.25, -0.2) is 14.6 Å². The van der Waals surface area contributed by atoms with Crippen molar-refractivity contribution in [3.8, 4) is 11.4 Å². The molecule has 0 radical (unpaired) electrons. The summed E-state index contributed by atoms with van der Waals surface area (Å²) < 4.78 is 1.45. The molecule has 7 nitrogen and oxygen atoms in total. The Morgan fingerprint density at radius 2 is 2.04 bits per heavy atom. The second-order valence-electron chi connectivity index (χ2n) is 6.15. The summed E-state index contributed by atoms with van der Waals surface area (Å²) in [7, 11) is 0. The van der Waals surface area contributed by atoms with E-state index in [-0.39, 0.29) is 5.91 Å². The van der Waals surface area contributed by atoms with Gasteiger partial charge in [0.2, 0.25) is 5.91 Å². The summed E-state index contributed by atoms with van der Waals surface area (Å²) in [6.07, 6.45) is 3.75. The van der Waals surface area contributed by atoms with Gasteiger partial charge in [0.05, 0.1) is 17.6 Å². The monoisotopic (exact) mass is 334 g/mol. The predicted octanol–water partition coefficient (Wildman–Crippen LogP) is 3.20. The molecule has 1 saturated carbocycles. The van der Waals surface area contributed by atoms with Gasteiger partial charge in [0.1, 0.15) is 0 Å². The summed E-state index contributed by atoms with van der Waals surface area (Å²) in [4.78, 5) is 20.6. The van der Waals surface area contributed by atoms with Gasteiger partial charge in [-0.1, -0.05) is 30.3 Å². The molecule has 0 bridgehead atoms. The highest BCUT2D eigenvalue weighted by molar-refractivity contribution is 5.78. The van der Waals surface area contributed by atoms with E-state index in [2.05, 4.69) is 20.4 Å². The van der Waals surface area contributed by atoms with Crippen LogP contribution >= 0.6 is 0 Å². The lowest BCUT2D eigenvalue weighted by molar-refractivity contribution is 0.0918. The van der Waals surface area contributed by atoms with Crippen LogP contribution in [0.3, 0.4) is 0 Å². The number of hydrogen-bond donors (Lipinski definition) is 2. The van der Waals surface area contributed by atoms with Crippen LogP contribution < -0.4 is 11.1 Å². The zero-order chi connectivity index (χ0) is 17.4. The van der Waals surface area contributed by atoms with Gasteiger partial charge in [-0.15, -0.1) is 5.10 Å². The van der Waals surface area contributed by atoms with Crippen molar-refractivity contribution in [2.75, 3.05) is 11.1 Å². The van der Waals surface area contributed by atoms with Crippen molar-refractivity contribution < 1.29 is 4.79 Å². The molecule has 0 unspecified atom stereocenters. The Bertz CT molecular complexity index is 930. The fourth-order valence-corrected chi connectivity index (χ4v) is 2.72. The summed E-state index contributed by atoms with van der Waals surface area (Å²) in [6.45, 7) is 1.51. The number of nitrogens with zero attached hydrogens (tertiary/aromatic N) is 4. The SMILES string of the molecule is CC(=O)n1nc(Nc2nc(-c3ccccc3)ncc2N)cc1C1CC1. The first-order valence-electron chi connectivity index (χ1n) is 8.17. The van der Waals surface area contributed by atoms with Crippen LogP contribution in [-0.4, -0.2) is 25.7 Å². The Kier molecular flexibility index (Phi) is 3.68. The standard InChI is InChI=1S/C18H18N6O/c1-11(25)24-15(12-7-8-12)9-16(23-24)21-18-14(19)10-20-17(22-18)13-5-3-2-4-6-13/h2-6,9-10,12H,7-8,19H2,1H3,(H,20,21,22,23). The van der Waals surface area contributed by atoms with E-state index in [9.17, 15) is 4.79 Å². The number of benzene rings is 1. The van der Waals surface area contributed by atoms with E-state index in [0.29, 0.717) is 29.1 Å². The third-order valence-corrected chi connectivity index (χ3v) is 4.13. The molecule has 4 rings (SSSR count). The Labute approximate surface area is 144 Å². The molecule has 0 saturated heterocycles. The summed E-state index contributed by atoms with van der Waals surface area (Å²) in [5, 5.41) is 7.47. The molecule has 3 N–H and O–H groups in total. The second-order valence-corrected chi connectivity index (χ2v) is 6.15. The van der Waals surface area contributed by atoms with E-state index in [0.717, 1.165) is 24.1 Å². The Hall–Kier alpha value is -3.22. The highest BCUT2D eigenvalue weighted by Crippen LogP contribution is 2.41. The Balaban J connectivity index is 1.67. The maximum atomic E-state index is 11.8. The van der Waals surface area contributed by atoms with Gasteiger partial charge in [0, 0.05) is 24.5 Å². The number of nitrogens with one attached hydrogen (secondary N) is 1. The quantitative estimate of drug-likeness (QED) is 0.760. The van der Waals surface area contributed by atoms with Gasteiger partial charge < -0.3 is 11.1 Å². The molecule has 25 heavy (non-hydrogen) atoms. The van der Waals surface area contributed by atoms with Gasteiger partial charge in [-0.05, 0) is 12.8 Å². The van der Waals surface area contributed by atoms with Crippen molar-refractivity contribution in [1.29, 1.82) is 0 Å². The fourth-order valence-electron chi connectivity index (χ4n) is 2.72. The highest BCUT2D eigenvalue weighted by Gasteiger charge is 2.29. The summed E-state index contributed by atoms with van der Waals surface area (Å²) in [5.41, 5.74) is 8.26. The summed E-state index contributed by atoms with van der Waals surface area (Å²) in [5.74, 6) is 1.92. The lowest BCUT2D eigenvalue weighted by Crippen LogP contribution is -2.11. The van der Waals surface area contributed by atoms with Crippen LogP contribution in [-0.2, 0) is 0 Å². The largest absolute Gasteiger partial charge is 0.394 e. The van der Waals surface area contributed by atoms with Crippen molar-refractivity contribution >= 4 is 23.2 Å². The lowest BCUT2D eigenvalue weighted by atomic mass is 10.2. The molecule has 0 amide bonds. The van der Waals surface area contributed by atoms with Gasteiger partial charge >= 0.3 is 0 Å². The molecule has 2 aromatic heterocycles. The molecule has 0 spiro atoms. The van der Waals surface area contributed by atoms with E-state index < -0.39 is 0 Å². The van der Waals surface area contributed by atoms with Crippen molar-refractivity contribution in [3.05, 3.63) is 48.3 Å². The molecule has 7 heteroatoms. The number of carbonyl (C=O) groups excluding carboxylic acids is 1. The molecule has 126 valence electrons. The molecular weight excluding hydrogens is 316 g/mol. The van der Waals surface area contributed by atoms with Crippen molar-refractivity contribution in [1.82, 2.24) is 19.7 Å². The van der Waals surface area contributed by atoms with Crippen LogP contribution in [0.2, 0.25) is 0 Å². The van der Waals surface area contributed by atoms with Crippen molar-refractivity contribution in [2.24, 2.45) is 0 Å². The van der Waals surface area contributed by atoms with Crippen LogP contribution in [0, 0.1) is 0 Å². The number of anilines is 3. The fraction of sp³-hybridized carbons (Fsp3) is 0.222. The minimum absolute atomic E-state index is 0.101. The average Bonchev–Trinajstić information content (AvgIpc) is 3.38. The van der Waals surface area contributed by atoms with Crippen LogP contribution in [0.1, 0.15) is 36.2 Å². The second kappa shape index (κ2) is 6.01. The molecule has 1 fully saturated rings. The molecule has 2 heterocycles. The van der Waals surface area contributed by atoms with Gasteiger partial charge in [0.25, 0.3) is 0 Å². The minimum atomic E-state index is -0.101. The topological polar surface area (TPSA) is 98.7 Å². The average molecular weight is 334 g/mol. The first-order chi connectivity index (χ1) is 12.1. The van der Waals surface area contributed by atoms with E-state index in [4.69, 9.17) is 5.73 Å². The zero-order valence-electron chi connectivity index (χ0n) is 13.8. The smallest absolute Gasteiger partial charge is 0.244 e. The molecular formula is C18H18N6O. The van der Waals surface area contributed by atoms with Crippen LogP contribution in [0.4, 0.5) is 17.3 Å². The number of rotatable bonds is 4. The molecule has 1 aliphatic carbocycles. The molecule has 1 aromatic carbocycles. The highest BCUT2D eigenvalue weighted by atomic mass is 16.2. The normalized spacial score (nSPS) is 13.6. The zero-order valence-corrected chi connectivity index (χ0v) is 13.8. The van der Waals surface area contributed by atoms with Crippen LogP contribution in [0.25, 0.3) is 11.4 Å². The first kappa shape index (κ1) is 15.3. The molecule has 0 atom stereocenters. The van der Waals surface area contributed by atoms with E-state index in [1.165, 1.54) is 11.6 Å². The maximum Gasteiger partial charge on any atom is 0.244 e. The molecule has 3 aromatic rings. The third kappa shape index (κ3) is 3.08. The lowest BCUT2D eigenvalue weighted by Gasteiger charge is -2.07. The summed E-state index contributed by atoms with van der Waals surface area (Å²) >= 11 is 0. The Morgan fingerprint density at radius 3 is 2.72 bits per heavy atom. The number of carbonyl (C=O) groups is 1. The van der Waals surface area contributed by atoms with Crippen molar-refractivity contribution in [3.63, 3.8) is 0 Å². The maximum absolute atomic E-state index is 11.8. The van der Waals surface area contributed by atoms with E-state index in [1.54, 1.807) is 6.20 Å². The number of hydrogen-bond acceptors (Lipinski definition) is 6. The minimum Gasteiger partial charge on any atom is -0.394 e. The van der Waals surface area contributed by atoms with E-state index >= 15 is 0 Å². The molecule has 1 aliphatic rings. The van der Waals surface area contributed by atoms with E-state index in [1.807, 2.05) is 36.4 Å². The molecule has 0 aliphatic heterocycles. The summed E-state index contributed by atoms with van der Waals surface area (Å²) in [6, 6.07) is 11.6. The first-order valence-corrected chi connectivity index (χ1v) is 8.17. The number of aromatic nitrogens is 4. The number of nitrogens with two attached hydrogens (primary N) is 1. The Morgan fingerprint density at radius 1 is 1.28 bits per heavy atom. The van der Waals surface area contributed by atoms with Crippen LogP contribution in [0.5, 0.6) is 0 Å². The van der Waals surface area contributed by atoms with Gasteiger partial charge in [-0.3, -0.25) is 4.79 Å².